The second kappa shape index (κ2) is 5.80. The van der Waals surface area contributed by atoms with Crippen LogP contribution < -0.4 is 5.32 Å². The van der Waals surface area contributed by atoms with Gasteiger partial charge >= 0.3 is 6.18 Å². The third-order valence-corrected chi connectivity index (χ3v) is 3.27. The molecule has 0 aliphatic carbocycles. The van der Waals surface area contributed by atoms with Crippen molar-refractivity contribution in [1.82, 2.24) is 0 Å². The fraction of sp³-hybridized carbons (Fsp3) is 0.500. The van der Waals surface area contributed by atoms with Crippen LogP contribution in [-0.2, 0) is 6.18 Å². The third kappa shape index (κ3) is 4.01. The van der Waals surface area contributed by atoms with Gasteiger partial charge in [0.15, 0.2) is 0 Å². The van der Waals surface area contributed by atoms with Gasteiger partial charge in [-0.25, -0.2) is 13.2 Å². The summed E-state index contributed by atoms with van der Waals surface area (Å²) in [5.74, 6) is -1.09. The molecule has 1 aromatic rings. The van der Waals surface area contributed by atoms with Crippen molar-refractivity contribution in [3.8, 4) is 0 Å². The Hall–Kier alpha value is -0.970. The van der Waals surface area contributed by atoms with E-state index >= 15 is 0 Å². The minimum atomic E-state index is -4.74. The standard InChI is InChI=1S/C12H14F6NP/c1-3-10(12(17,18)20)19-7-4-8(11(14,15)16)6(2)9(13)5-7/h4-5,10,19H,3,20H2,1-2H3. The number of benzene rings is 1. The molecule has 0 radical (unpaired) electrons. The molecule has 0 saturated heterocycles. The van der Waals surface area contributed by atoms with Crippen LogP contribution in [0.5, 0.6) is 0 Å². The van der Waals surface area contributed by atoms with Crippen molar-refractivity contribution in [3.05, 3.63) is 29.1 Å². The molecule has 0 aliphatic heterocycles. The van der Waals surface area contributed by atoms with E-state index < -0.39 is 34.8 Å². The maximum atomic E-state index is 13.5. The zero-order valence-electron chi connectivity index (χ0n) is 10.8. The first-order valence-corrected chi connectivity index (χ1v) is 6.35. The first-order chi connectivity index (χ1) is 8.96. The number of anilines is 1. The number of alkyl halides is 5. The molecule has 114 valence electrons. The van der Waals surface area contributed by atoms with Gasteiger partial charge in [0.1, 0.15) is 5.82 Å². The van der Waals surface area contributed by atoms with Crippen molar-refractivity contribution in [2.45, 2.75) is 38.2 Å². The molecule has 0 amide bonds. The molecule has 1 nitrogen and oxygen atoms in total. The van der Waals surface area contributed by atoms with Gasteiger partial charge in [0, 0.05) is 5.69 Å². The van der Waals surface area contributed by atoms with E-state index in [1.807, 2.05) is 0 Å². The molecule has 2 unspecified atom stereocenters. The maximum Gasteiger partial charge on any atom is 0.416 e. The highest BCUT2D eigenvalue weighted by Gasteiger charge is 2.36. The molecule has 2 atom stereocenters. The van der Waals surface area contributed by atoms with E-state index in [1.165, 1.54) is 16.2 Å². The molecule has 0 heterocycles. The number of hydrogen-bond acceptors (Lipinski definition) is 1. The van der Waals surface area contributed by atoms with Crippen LogP contribution in [0.4, 0.5) is 32.0 Å². The first-order valence-electron chi connectivity index (χ1n) is 5.77. The Morgan fingerprint density at radius 1 is 1.20 bits per heavy atom. The summed E-state index contributed by atoms with van der Waals surface area (Å²) in [6.45, 7) is 2.44. The Bertz CT molecular complexity index is 480. The Morgan fingerprint density at radius 2 is 1.75 bits per heavy atom. The molecule has 0 saturated carbocycles. The summed E-state index contributed by atoms with van der Waals surface area (Å²) in [7, 11) is 1.32. The van der Waals surface area contributed by atoms with Crippen molar-refractivity contribution >= 4 is 14.9 Å². The predicted octanol–water partition coefficient (Wildman–Crippen LogP) is 4.81. The fourth-order valence-corrected chi connectivity index (χ4v) is 2.05. The lowest BCUT2D eigenvalue weighted by Gasteiger charge is -2.25. The predicted molar refractivity (Wildman–Crippen MR) is 68.5 cm³/mol. The fourth-order valence-electron chi connectivity index (χ4n) is 1.73. The van der Waals surface area contributed by atoms with Crippen molar-refractivity contribution in [2.24, 2.45) is 0 Å². The van der Waals surface area contributed by atoms with Crippen molar-refractivity contribution in [2.75, 3.05) is 5.32 Å². The van der Waals surface area contributed by atoms with Crippen LogP contribution in [0.15, 0.2) is 12.1 Å². The Balaban J connectivity index is 3.18. The van der Waals surface area contributed by atoms with Gasteiger partial charge in [0.25, 0.3) is 5.66 Å². The average molecular weight is 317 g/mol. The highest BCUT2D eigenvalue weighted by molar-refractivity contribution is 7.18. The van der Waals surface area contributed by atoms with Crippen LogP contribution >= 0.6 is 9.24 Å². The van der Waals surface area contributed by atoms with E-state index in [0.717, 1.165) is 13.0 Å². The summed E-state index contributed by atoms with van der Waals surface area (Å²) in [5, 5.41) is 2.24. The monoisotopic (exact) mass is 317 g/mol. The van der Waals surface area contributed by atoms with Crippen LogP contribution in [0.25, 0.3) is 0 Å². The second-order valence-corrected chi connectivity index (χ2v) is 5.18. The summed E-state index contributed by atoms with van der Waals surface area (Å²) in [5.41, 5.74) is -5.28. The van der Waals surface area contributed by atoms with E-state index in [2.05, 4.69) is 5.32 Å². The number of halogens is 6. The minimum Gasteiger partial charge on any atom is -0.376 e. The number of hydrogen-bond donors (Lipinski definition) is 1. The van der Waals surface area contributed by atoms with Crippen LogP contribution in [-0.4, -0.2) is 11.7 Å². The van der Waals surface area contributed by atoms with Gasteiger partial charge in [0.2, 0.25) is 0 Å². The van der Waals surface area contributed by atoms with E-state index in [9.17, 15) is 26.3 Å². The normalized spacial score (nSPS) is 14.2. The SMILES string of the molecule is CCC(Nc1cc(F)c(C)c(C(F)(F)F)c1)C(F)(F)P. The zero-order valence-corrected chi connectivity index (χ0v) is 11.9. The summed E-state index contributed by atoms with van der Waals surface area (Å²) in [6.07, 6.45) is -4.78. The molecular weight excluding hydrogens is 303 g/mol. The first kappa shape index (κ1) is 17.1. The van der Waals surface area contributed by atoms with E-state index in [1.54, 1.807) is 0 Å². The van der Waals surface area contributed by atoms with E-state index in [0.29, 0.717) is 6.07 Å². The van der Waals surface area contributed by atoms with Crippen LogP contribution in [0, 0.1) is 12.7 Å². The zero-order chi connectivity index (χ0) is 15.7. The van der Waals surface area contributed by atoms with Gasteiger partial charge < -0.3 is 5.32 Å². The van der Waals surface area contributed by atoms with Crippen LogP contribution in [0.2, 0.25) is 0 Å². The van der Waals surface area contributed by atoms with Gasteiger partial charge in [-0.3, -0.25) is 0 Å². The van der Waals surface area contributed by atoms with Gasteiger partial charge in [-0.2, -0.15) is 13.2 Å². The Kier molecular flexibility index (Phi) is 4.95. The number of rotatable bonds is 4. The third-order valence-electron chi connectivity index (χ3n) is 2.86. The Labute approximate surface area is 114 Å². The Morgan fingerprint density at radius 3 is 2.15 bits per heavy atom. The topological polar surface area (TPSA) is 12.0 Å². The molecule has 0 aliphatic rings. The summed E-state index contributed by atoms with van der Waals surface area (Å²) < 4.78 is 78.0. The quantitative estimate of drug-likeness (QED) is 0.620. The molecule has 1 rings (SSSR count). The lowest BCUT2D eigenvalue weighted by atomic mass is 10.1. The summed E-state index contributed by atoms with van der Waals surface area (Å²) >= 11 is 0. The molecule has 0 bridgehead atoms. The van der Waals surface area contributed by atoms with Crippen molar-refractivity contribution in [1.29, 1.82) is 0 Å². The molecular formula is C12H14F6NP. The minimum absolute atomic E-state index is 0.0344. The molecule has 0 aromatic heterocycles. The molecule has 0 fully saturated rings. The summed E-state index contributed by atoms with van der Waals surface area (Å²) in [4.78, 5) is 0. The molecule has 0 spiro atoms. The average Bonchev–Trinajstić information content (AvgIpc) is 2.27. The maximum absolute atomic E-state index is 13.5. The van der Waals surface area contributed by atoms with Gasteiger partial charge in [-0.1, -0.05) is 16.2 Å². The van der Waals surface area contributed by atoms with E-state index in [4.69, 9.17) is 0 Å². The lowest BCUT2D eigenvalue weighted by molar-refractivity contribution is -0.138. The van der Waals surface area contributed by atoms with Gasteiger partial charge in [-0.15, -0.1) is 0 Å². The lowest BCUT2D eigenvalue weighted by Crippen LogP contribution is -2.34. The smallest absolute Gasteiger partial charge is 0.376 e. The van der Waals surface area contributed by atoms with Crippen LogP contribution in [0.1, 0.15) is 24.5 Å². The van der Waals surface area contributed by atoms with Crippen LogP contribution in [0.3, 0.4) is 0 Å². The largest absolute Gasteiger partial charge is 0.416 e. The number of nitrogens with one attached hydrogen (secondary N) is 1. The summed E-state index contributed by atoms with van der Waals surface area (Å²) in [6, 6.07) is 0.0110. The van der Waals surface area contributed by atoms with Gasteiger partial charge in [0.05, 0.1) is 11.6 Å². The molecule has 1 N–H and O–H groups in total. The van der Waals surface area contributed by atoms with E-state index in [-0.39, 0.29) is 12.1 Å². The molecule has 8 heteroatoms. The van der Waals surface area contributed by atoms with Crippen molar-refractivity contribution < 1.29 is 26.3 Å². The van der Waals surface area contributed by atoms with Crippen molar-refractivity contribution in [3.63, 3.8) is 0 Å². The highest BCUT2D eigenvalue weighted by atomic mass is 31.0. The molecule has 1 aromatic carbocycles. The molecule has 20 heavy (non-hydrogen) atoms. The second-order valence-electron chi connectivity index (χ2n) is 4.41. The highest BCUT2D eigenvalue weighted by Crippen LogP contribution is 2.36. The van der Waals surface area contributed by atoms with Gasteiger partial charge in [-0.05, 0) is 31.0 Å².